The van der Waals surface area contributed by atoms with Gasteiger partial charge < -0.3 is 16.8 Å². The minimum Gasteiger partial charge on any atom is -0.398 e. The predicted octanol–water partition coefficient (Wildman–Crippen LogP) is 1.41. The van der Waals surface area contributed by atoms with E-state index in [1.807, 2.05) is 0 Å². The van der Waals surface area contributed by atoms with Gasteiger partial charge in [-0.05, 0) is 12.1 Å². The first-order chi connectivity index (χ1) is 10.1. The summed E-state index contributed by atoms with van der Waals surface area (Å²) in [5, 5.41) is 3.08. The molecule has 0 saturated heterocycles. The molecule has 3 rings (SSSR count). The molecule has 0 spiro atoms. The highest BCUT2D eigenvalue weighted by Gasteiger charge is 2.33. The monoisotopic (exact) mass is 281 g/mol. The lowest BCUT2D eigenvalue weighted by Crippen LogP contribution is -2.25. The second-order valence-electron chi connectivity index (χ2n) is 4.87. The van der Waals surface area contributed by atoms with Crippen LogP contribution in [0.1, 0.15) is 31.8 Å². The molecule has 2 aromatic carbocycles. The Labute approximate surface area is 121 Å². The Morgan fingerprint density at radius 2 is 1.52 bits per heavy atom. The SMILES string of the molecule is NCCNc1ccc(N)c2c1C(=O)c1ccccc1C2=O. The van der Waals surface area contributed by atoms with E-state index < -0.39 is 0 Å². The summed E-state index contributed by atoms with van der Waals surface area (Å²) in [5.74, 6) is -0.402. The minimum atomic E-state index is -0.214. The van der Waals surface area contributed by atoms with Crippen LogP contribution in [0, 0.1) is 0 Å². The quantitative estimate of drug-likeness (QED) is 0.631. The van der Waals surface area contributed by atoms with Crippen LogP contribution in [0.15, 0.2) is 36.4 Å². The summed E-state index contributed by atoms with van der Waals surface area (Å²) < 4.78 is 0. The van der Waals surface area contributed by atoms with Crippen LogP contribution in [0.5, 0.6) is 0 Å². The van der Waals surface area contributed by atoms with E-state index in [-0.39, 0.29) is 17.1 Å². The lowest BCUT2D eigenvalue weighted by molar-refractivity contribution is 0.0980. The van der Waals surface area contributed by atoms with Gasteiger partial charge in [0.05, 0.1) is 11.1 Å². The Bertz CT molecular complexity index is 753. The van der Waals surface area contributed by atoms with Gasteiger partial charge in [-0.15, -0.1) is 0 Å². The van der Waals surface area contributed by atoms with Gasteiger partial charge in [-0.3, -0.25) is 9.59 Å². The lowest BCUT2D eigenvalue weighted by atomic mass is 9.82. The molecule has 0 saturated carbocycles. The van der Waals surface area contributed by atoms with Crippen LogP contribution in [-0.4, -0.2) is 24.7 Å². The summed E-state index contributed by atoms with van der Waals surface area (Å²) in [6, 6.07) is 10.1. The van der Waals surface area contributed by atoms with Gasteiger partial charge in [0.25, 0.3) is 0 Å². The van der Waals surface area contributed by atoms with Crippen LogP contribution in [0.25, 0.3) is 0 Å². The van der Waals surface area contributed by atoms with Crippen LogP contribution in [0.3, 0.4) is 0 Å². The zero-order valence-corrected chi connectivity index (χ0v) is 11.3. The number of ketones is 2. The van der Waals surface area contributed by atoms with Crippen molar-refractivity contribution in [2.24, 2.45) is 5.73 Å². The Morgan fingerprint density at radius 1 is 0.905 bits per heavy atom. The first-order valence-corrected chi connectivity index (χ1v) is 6.70. The summed E-state index contributed by atoms with van der Waals surface area (Å²) in [4.78, 5) is 25.3. The normalized spacial score (nSPS) is 12.8. The maximum absolute atomic E-state index is 12.7. The summed E-state index contributed by atoms with van der Waals surface area (Å²) in [6.45, 7) is 0.942. The number of benzene rings is 2. The molecule has 0 fully saturated rings. The van der Waals surface area contributed by atoms with E-state index in [0.717, 1.165) is 0 Å². The molecule has 5 heteroatoms. The molecule has 0 aromatic heterocycles. The summed E-state index contributed by atoms with van der Waals surface area (Å²) >= 11 is 0. The molecule has 1 aliphatic rings. The molecule has 2 aromatic rings. The summed E-state index contributed by atoms with van der Waals surface area (Å²) in [5.41, 5.74) is 13.7. The molecule has 0 heterocycles. The third kappa shape index (κ3) is 1.98. The van der Waals surface area contributed by atoms with E-state index in [9.17, 15) is 9.59 Å². The van der Waals surface area contributed by atoms with Crippen molar-refractivity contribution < 1.29 is 9.59 Å². The van der Waals surface area contributed by atoms with Gasteiger partial charge in [0, 0.05) is 35.6 Å². The highest BCUT2D eigenvalue weighted by molar-refractivity contribution is 6.31. The fourth-order valence-electron chi connectivity index (χ4n) is 2.60. The van der Waals surface area contributed by atoms with Crippen molar-refractivity contribution in [3.05, 3.63) is 58.7 Å². The van der Waals surface area contributed by atoms with E-state index >= 15 is 0 Å². The molecule has 1 aliphatic carbocycles. The minimum absolute atomic E-state index is 0.188. The zero-order valence-electron chi connectivity index (χ0n) is 11.3. The number of fused-ring (bicyclic) bond motifs is 2. The first-order valence-electron chi connectivity index (χ1n) is 6.70. The number of rotatable bonds is 3. The lowest BCUT2D eigenvalue weighted by Gasteiger charge is -2.22. The van der Waals surface area contributed by atoms with E-state index in [0.29, 0.717) is 41.2 Å². The molecule has 0 radical (unpaired) electrons. The number of anilines is 2. The van der Waals surface area contributed by atoms with Crippen LogP contribution >= 0.6 is 0 Å². The number of carbonyl (C=O) groups excluding carboxylic acids is 2. The molecule has 0 amide bonds. The third-order valence-electron chi connectivity index (χ3n) is 3.57. The molecule has 0 aliphatic heterocycles. The van der Waals surface area contributed by atoms with Crippen LogP contribution < -0.4 is 16.8 Å². The van der Waals surface area contributed by atoms with Crippen molar-refractivity contribution in [1.29, 1.82) is 0 Å². The van der Waals surface area contributed by atoms with Gasteiger partial charge >= 0.3 is 0 Å². The maximum Gasteiger partial charge on any atom is 0.196 e. The van der Waals surface area contributed by atoms with Crippen molar-refractivity contribution in [3.8, 4) is 0 Å². The number of nitrogens with two attached hydrogens (primary N) is 2. The molecule has 0 bridgehead atoms. The molecule has 0 unspecified atom stereocenters. The Kier molecular flexibility index (Phi) is 3.19. The van der Waals surface area contributed by atoms with E-state index in [1.165, 1.54) is 0 Å². The number of nitrogens with one attached hydrogen (secondary N) is 1. The smallest absolute Gasteiger partial charge is 0.196 e. The average molecular weight is 281 g/mol. The average Bonchev–Trinajstić information content (AvgIpc) is 2.51. The van der Waals surface area contributed by atoms with Gasteiger partial charge in [-0.25, -0.2) is 0 Å². The highest BCUT2D eigenvalue weighted by atomic mass is 16.1. The molecule has 106 valence electrons. The predicted molar refractivity (Wildman–Crippen MR) is 81.7 cm³/mol. The Balaban J connectivity index is 2.24. The Morgan fingerprint density at radius 3 is 2.14 bits per heavy atom. The highest BCUT2D eigenvalue weighted by Crippen LogP contribution is 2.35. The third-order valence-corrected chi connectivity index (χ3v) is 3.57. The molecule has 5 nitrogen and oxygen atoms in total. The molecule has 5 N–H and O–H groups in total. The fraction of sp³-hybridized carbons (Fsp3) is 0.125. The van der Waals surface area contributed by atoms with Gasteiger partial charge in [0.15, 0.2) is 11.6 Å². The van der Waals surface area contributed by atoms with Gasteiger partial charge in [-0.1, -0.05) is 24.3 Å². The zero-order chi connectivity index (χ0) is 15.0. The number of carbonyl (C=O) groups is 2. The summed E-state index contributed by atoms with van der Waals surface area (Å²) in [7, 11) is 0. The van der Waals surface area contributed by atoms with Crippen molar-refractivity contribution in [2.45, 2.75) is 0 Å². The van der Waals surface area contributed by atoms with E-state index in [4.69, 9.17) is 11.5 Å². The van der Waals surface area contributed by atoms with Crippen molar-refractivity contribution in [2.75, 3.05) is 24.1 Å². The second-order valence-corrected chi connectivity index (χ2v) is 4.87. The van der Waals surface area contributed by atoms with Gasteiger partial charge in [0.2, 0.25) is 0 Å². The topological polar surface area (TPSA) is 98.2 Å². The van der Waals surface area contributed by atoms with Gasteiger partial charge in [0.1, 0.15) is 0 Å². The number of nitrogen functional groups attached to an aromatic ring is 1. The molecular formula is C16H15N3O2. The number of hydrogen-bond donors (Lipinski definition) is 3. The first kappa shape index (κ1) is 13.3. The van der Waals surface area contributed by atoms with Crippen molar-refractivity contribution in [3.63, 3.8) is 0 Å². The van der Waals surface area contributed by atoms with Crippen LogP contribution in [0.4, 0.5) is 11.4 Å². The van der Waals surface area contributed by atoms with E-state index in [2.05, 4.69) is 5.32 Å². The van der Waals surface area contributed by atoms with Gasteiger partial charge in [-0.2, -0.15) is 0 Å². The molecule has 21 heavy (non-hydrogen) atoms. The number of hydrogen-bond acceptors (Lipinski definition) is 5. The van der Waals surface area contributed by atoms with E-state index in [1.54, 1.807) is 36.4 Å². The summed E-state index contributed by atoms with van der Waals surface area (Å²) in [6.07, 6.45) is 0. The maximum atomic E-state index is 12.7. The van der Waals surface area contributed by atoms with Crippen molar-refractivity contribution in [1.82, 2.24) is 0 Å². The largest absolute Gasteiger partial charge is 0.398 e. The van der Waals surface area contributed by atoms with Crippen molar-refractivity contribution >= 4 is 22.9 Å². The standard InChI is InChI=1S/C16H15N3O2/c17-7-8-19-12-6-5-11(18)13-14(12)16(21)10-4-2-1-3-9(10)15(13)20/h1-6,19H,7-8,17-18H2. The van der Waals surface area contributed by atoms with Crippen LogP contribution in [0.2, 0.25) is 0 Å². The molecular weight excluding hydrogens is 266 g/mol. The second kappa shape index (κ2) is 5.03. The Hall–Kier alpha value is -2.66. The molecule has 0 atom stereocenters. The fourth-order valence-corrected chi connectivity index (χ4v) is 2.60. The van der Waals surface area contributed by atoms with Crippen LogP contribution in [-0.2, 0) is 0 Å².